The topological polar surface area (TPSA) is 73.9 Å². The fraction of sp³-hybridized carbons (Fsp3) is 0.278. The molecule has 0 aliphatic carbocycles. The number of piperidine rings is 1. The van der Waals surface area contributed by atoms with Gasteiger partial charge in [0, 0.05) is 41.8 Å². The SMILES string of the molecule is O=C(Nc1cc(N2CCCCC2)ncn1)c1ccc2[nH]ccc2c1. The van der Waals surface area contributed by atoms with Crippen LogP contribution in [0.15, 0.2) is 42.9 Å². The number of aromatic amines is 1. The Kier molecular flexibility index (Phi) is 3.86. The molecule has 0 radical (unpaired) electrons. The summed E-state index contributed by atoms with van der Waals surface area (Å²) in [4.78, 5) is 26.3. The summed E-state index contributed by atoms with van der Waals surface area (Å²) in [5, 5.41) is 3.88. The molecule has 0 atom stereocenters. The molecule has 0 spiro atoms. The highest BCUT2D eigenvalue weighted by Gasteiger charge is 2.14. The number of benzene rings is 1. The molecule has 1 aromatic carbocycles. The molecule has 3 aromatic rings. The van der Waals surface area contributed by atoms with Crippen molar-refractivity contribution < 1.29 is 4.79 Å². The molecular weight excluding hydrogens is 302 g/mol. The lowest BCUT2D eigenvalue weighted by Gasteiger charge is -2.27. The van der Waals surface area contributed by atoms with Gasteiger partial charge in [-0.3, -0.25) is 4.79 Å². The predicted octanol–water partition coefficient (Wildman–Crippen LogP) is 3.20. The highest BCUT2D eigenvalue weighted by Crippen LogP contribution is 2.20. The quantitative estimate of drug-likeness (QED) is 0.777. The summed E-state index contributed by atoms with van der Waals surface area (Å²) < 4.78 is 0. The van der Waals surface area contributed by atoms with Gasteiger partial charge in [0.25, 0.3) is 5.91 Å². The molecule has 1 saturated heterocycles. The number of carbonyl (C=O) groups excluding carboxylic acids is 1. The average molecular weight is 321 g/mol. The van der Waals surface area contributed by atoms with E-state index in [-0.39, 0.29) is 5.91 Å². The summed E-state index contributed by atoms with van der Waals surface area (Å²) in [5.41, 5.74) is 1.63. The number of aromatic nitrogens is 3. The van der Waals surface area contributed by atoms with Gasteiger partial charge in [0.05, 0.1) is 0 Å². The van der Waals surface area contributed by atoms with Gasteiger partial charge in [-0.2, -0.15) is 0 Å². The normalized spacial score (nSPS) is 14.8. The molecule has 6 nitrogen and oxygen atoms in total. The first kappa shape index (κ1) is 14.7. The molecule has 122 valence electrons. The first-order valence-electron chi connectivity index (χ1n) is 8.25. The number of rotatable bonds is 3. The highest BCUT2D eigenvalue weighted by molar-refractivity contribution is 6.05. The molecule has 4 rings (SSSR count). The standard InChI is InChI=1S/C18H19N5O/c24-18(14-4-5-15-13(10-14)6-7-19-15)22-16-11-17(21-12-20-16)23-8-2-1-3-9-23/h4-7,10-12,19H,1-3,8-9H2,(H,20,21,22,24). The fourth-order valence-corrected chi connectivity index (χ4v) is 3.09. The molecule has 0 unspecified atom stereocenters. The molecule has 0 bridgehead atoms. The van der Waals surface area contributed by atoms with Gasteiger partial charge in [0.15, 0.2) is 0 Å². The van der Waals surface area contributed by atoms with Gasteiger partial charge in [0.1, 0.15) is 18.0 Å². The smallest absolute Gasteiger partial charge is 0.256 e. The Balaban J connectivity index is 1.52. The lowest BCUT2D eigenvalue weighted by atomic mass is 10.1. The van der Waals surface area contributed by atoms with Crippen LogP contribution in [-0.2, 0) is 0 Å². The van der Waals surface area contributed by atoms with E-state index in [9.17, 15) is 4.79 Å². The van der Waals surface area contributed by atoms with E-state index >= 15 is 0 Å². The van der Waals surface area contributed by atoms with E-state index in [0.29, 0.717) is 11.4 Å². The van der Waals surface area contributed by atoms with Crippen LogP contribution in [-0.4, -0.2) is 33.9 Å². The van der Waals surface area contributed by atoms with E-state index in [0.717, 1.165) is 29.8 Å². The van der Waals surface area contributed by atoms with E-state index < -0.39 is 0 Å². The maximum Gasteiger partial charge on any atom is 0.256 e. The predicted molar refractivity (Wildman–Crippen MR) is 94.3 cm³/mol. The molecule has 1 fully saturated rings. The Morgan fingerprint density at radius 2 is 1.96 bits per heavy atom. The zero-order chi connectivity index (χ0) is 16.4. The maximum atomic E-state index is 12.5. The number of anilines is 2. The van der Waals surface area contributed by atoms with Crippen molar-refractivity contribution in [2.24, 2.45) is 0 Å². The highest BCUT2D eigenvalue weighted by atomic mass is 16.1. The van der Waals surface area contributed by atoms with Crippen LogP contribution in [0.4, 0.5) is 11.6 Å². The van der Waals surface area contributed by atoms with E-state index in [4.69, 9.17) is 0 Å². The average Bonchev–Trinajstić information content (AvgIpc) is 3.10. The van der Waals surface area contributed by atoms with Crippen LogP contribution in [0.25, 0.3) is 10.9 Å². The fourth-order valence-electron chi connectivity index (χ4n) is 3.09. The van der Waals surface area contributed by atoms with Gasteiger partial charge in [-0.15, -0.1) is 0 Å². The van der Waals surface area contributed by atoms with Gasteiger partial charge in [-0.05, 0) is 43.5 Å². The second kappa shape index (κ2) is 6.31. The third-order valence-corrected chi connectivity index (χ3v) is 4.39. The van der Waals surface area contributed by atoms with Crippen LogP contribution in [0.3, 0.4) is 0 Å². The minimum Gasteiger partial charge on any atom is -0.361 e. The van der Waals surface area contributed by atoms with Gasteiger partial charge >= 0.3 is 0 Å². The summed E-state index contributed by atoms with van der Waals surface area (Å²) in [6.07, 6.45) is 7.01. The molecule has 1 amide bonds. The third kappa shape index (κ3) is 2.95. The van der Waals surface area contributed by atoms with Crippen LogP contribution in [0, 0.1) is 0 Å². The molecule has 1 aliphatic rings. The molecule has 0 saturated carbocycles. The number of hydrogen-bond donors (Lipinski definition) is 2. The number of carbonyl (C=O) groups is 1. The van der Waals surface area contributed by atoms with Crippen molar-refractivity contribution in [2.45, 2.75) is 19.3 Å². The second-order valence-corrected chi connectivity index (χ2v) is 6.04. The van der Waals surface area contributed by atoms with E-state index in [2.05, 4.69) is 25.2 Å². The Hall–Kier alpha value is -2.89. The van der Waals surface area contributed by atoms with Crippen LogP contribution in [0.1, 0.15) is 29.6 Å². The number of H-pyrrole nitrogens is 1. The summed E-state index contributed by atoms with van der Waals surface area (Å²) in [6, 6.07) is 9.38. The molecule has 2 aromatic heterocycles. The van der Waals surface area contributed by atoms with Gasteiger partial charge in [-0.25, -0.2) is 9.97 Å². The van der Waals surface area contributed by atoms with Crippen molar-refractivity contribution >= 4 is 28.4 Å². The molecule has 24 heavy (non-hydrogen) atoms. The number of hydrogen-bond acceptors (Lipinski definition) is 4. The van der Waals surface area contributed by atoms with Crippen LogP contribution in [0.5, 0.6) is 0 Å². The van der Waals surface area contributed by atoms with E-state index in [1.165, 1.54) is 25.6 Å². The number of nitrogens with zero attached hydrogens (tertiary/aromatic N) is 3. The number of amides is 1. The minimum atomic E-state index is -0.165. The van der Waals surface area contributed by atoms with Crippen LogP contribution >= 0.6 is 0 Å². The lowest BCUT2D eigenvalue weighted by Crippen LogP contribution is -2.30. The molecule has 2 N–H and O–H groups in total. The van der Waals surface area contributed by atoms with Crippen molar-refractivity contribution in [3.63, 3.8) is 0 Å². The Morgan fingerprint density at radius 3 is 2.83 bits per heavy atom. The summed E-state index contributed by atoms with van der Waals surface area (Å²) >= 11 is 0. The molecule has 6 heteroatoms. The van der Waals surface area contributed by atoms with Crippen molar-refractivity contribution in [1.82, 2.24) is 15.0 Å². The molecular formula is C18H19N5O. The van der Waals surface area contributed by atoms with Crippen LogP contribution < -0.4 is 10.2 Å². The van der Waals surface area contributed by atoms with Gasteiger partial charge < -0.3 is 15.2 Å². The van der Waals surface area contributed by atoms with E-state index in [1.54, 1.807) is 6.07 Å². The summed E-state index contributed by atoms with van der Waals surface area (Å²) in [7, 11) is 0. The molecule has 1 aliphatic heterocycles. The van der Waals surface area contributed by atoms with Crippen molar-refractivity contribution in [1.29, 1.82) is 0 Å². The zero-order valence-corrected chi connectivity index (χ0v) is 13.3. The largest absolute Gasteiger partial charge is 0.361 e. The van der Waals surface area contributed by atoms with Crippen molar-refractivity contribution in [3.8, 4) is 0 Å². The Morgan fingerprint density at radius 1 is 1.08 bits per heavy atom. The zero-order valence-electron chi connectivity index (χ0n) is 13.3. The van der Waals surface area contributed by atoms with Gasteiger partial charge in [-0.1, -0.05) is 0 Å². The van der Waals surface area contributed by atoms with E-state index in [1.807, 2.05) is 30.5 Å². The number of nitrogens with one attached hydrogen (secondary N) is 2. The lowest BCUT2D eigenvalue weighted by molar-refractivity contribution is 0.102. The third-order valence-electron chi connectivity index (χ3n) is 4.39. The minimum absolute atomic E-state index is 0.165. The molecule has 3 heterocycles. The first-order valence-corrected chi connectivity index (χ1v) is 8.25. The van der Waals surface area contributed by atoms with Crippen molar-refractivity contribution in [3.05, 3.63) is 48.4 Å². The maximum absolute atomic E-state index is 12.5. The summed E-state index contributed by atoms with van der Waals surface area (Å²) in [5.74, 6) is 1.24. The second-order valence-electron chi connectivity index (χ2n) is 6.04. The number of fused-ring (bicyclic) bond motifs is 1. The Labute approximate surface area is 139 Å². The van der Waals surface area contributed by atoms with Crippen molar-refractivity contribution in [2.75, 3.05) is 23.3 Å². The monoisotopic (exact) mass is 321 g/mol. The van der Waals surface area contributed by atoms with Gasteiger partial charge in [0.2, 0.25) is 0 Å². The summed E-state index contributed by atoms with van der Waals surface area (Å²) in [6.45, 7) is 2.02. The van der Waals surface area contributed by atoms with Crippen LogP contribution in [0.2, 0.25) is 0 Å². The first-order chi connectivity index (χ1) is 11.8. The Bertz CT molecular complexity index is 866.